The van der Waals surface area contributed by atoms with Gasteiger partial charge in [-0.2, -0.15) is 0 Å². The fourth-order valence-electron chi connectivity index (χ4n) is 1.89. The number of nitrogens with zero attached hydrogens (tertiary/aromatic N) is 1. The Morgan fingerprint density at radius 3 is 2.26 bits per heavy atom. The maximum Gasteiger partial charge on any atom is 0.253 e. The monoisotopic (exact) mass is 265 g/mol. The fraction of sp³-hybridized carbons (Fsp3) is 0.533. The zero-order valence-corrected chi connectivity index (χ0v) is 12.1. The van der Waals surface area contributed by atoms with Gasteiger partial charge in [-0.25, -0.2) is 0 Å². The summed E-state index contributed by atoms with van der Waals surface area (Å²) in [7, 11) is 1.68. The third-order valence-corrected chi connectivity index (χ3v) is 3.48. The second-order valence-corrected chi connectivity index (χ2v) is 5.59. The number of aliphatic hydroxyl groups excluding tert-OH is 2. The van der Waals surface area contributed by atoms with Crippen molar-refractivity contribution in [2.45, 2.75) is 20.8 Å². The minimum atomic E-state index is -0.676. The molecule has 0 radical (unpaired) electrons. The van der Waals surface area contributed by atoms with Gasteiger partial charge in [0, 0.05) is 24.6 Å². The summed E-state index contributed by atoms with van der Waals surface area (Å²) in [5.41, 5.74) is 2.18. The third kappa shape index (κ3) is 3.78. The Morgan fingerprint density at radius 2 is 1.79 bits per heavy atom. The molecule has 0 bridgehead atoms. The van der Waals surface area contributed by atoms with Crippen LogP contribution in [0.15, 0.2) is 18.2 Å². The molecule has 0 atom stereocenters. The smallest absolute Gasteiger partial charge is 0.253 e. The summed E-state index contributed by atoms with van der Waals surface area (Å²) < 4.78 is 0. The van der Waals surface area contributed by atoms with Crippen molar-refractivity contribution < 1.29 is 15.0 Å². The molecule has 1 rings (SSSR count). The van der Waals surface area contributed by atoms with Crippen molar-refractivity contribution in [2.75, 3.05) is 26.8 Å². The van der Waals surface area contributed by atoms with E-state index in [4.69, 9.17) is 0 Å². The van der Waals surface area contributed by atoms with Crippen molar-refractivity contribution in [3.8, 4) is 0 Å². The van der Waals surface area contributed by atoms with Crippen LogP contribution in [0.2, 0.25) is 0 Å². The van der Waals surface area contributed by atoms with Crippen molar-refractivity contribution in [3.63, 3.8) is 0 Å². The van der Waals surface area contributed by atoms with Gasteiger partial charge in [-0.15, -0.1) is 0 Å². The van der Waals surface area contributed by atoms with Crippen LogP contribution in [0.1, 0.15) is 28.4 Å². The largest absolute Gasteiger partial charge is 0.396 e. The first kappa shape index (κ1) is 15.7. The molecule has 0 fully saturated rings. The molecule has 0 saturated carbocycles. The fourth-order valence-corrected chi connectivity index (χ4v) is 1.89. The van der Waals surface area contributed by atoms with Crippen LogP contribution < -0.4 is 0 Å². The van der Waals surface area contributed by atoms with Crippen molar-refractivity contribution in [1.82, 2.24) is 4.90 Å². The number of aliphatic hydroxyl groups is 2. The summed E-state index contributed by atoms with van der Waals surface area (Å²) >= 11 is 0. The molecule has 0 aromatic heterocycles. The van der Waals surface area contributed by atoms with Gasteiger partial charge >= 0.3 is 0 Å². The Kier molecular flexibility index (Phi) is 5.09. The molecule has 19 heavy (non-hydrogen) atoms. The summed E-state index contributed by atoms with van der Waals surface area (Å²) in [5, 5.41) is 18.5. The Bertz CT molecular complexity index is 453. The number of carbonyl (C=O) groups is 1. The van der Waals surface area contributed by atoms with Gasteiger partial charge in [-0.05, 0) is 37.1 Å². The van der Waals surface area contributed by atoms with E-state index in [9.17, 15) is 15.0 Å². The lowest BCUT2D eigenvalue weighted by atomic mass is 9.92. The molecule has 2 N–H and O–H groups in total. The van der Waals surface area contributed by atoms with Crippen LogP contribution in [0, 0.1) is 19.3 Å². The molecule has 1 aromatic rings. The van der Waals surface area contributed by atoms with Gasteiger partial charge in [0.05, 0.1) is 13.2 Å². The van der Waals surface area contributed by atoms with E-state index >= 15 is 0 Å². The summed E-state index contributed by atoms with van der Waals surface area (Å²) in [5.74, 6) is -0.101. The lowest BCUT2D eigenvalue weighted by molar-refractivity contribution is 0.0366. The molecule has 1 aromatic carbocycles. The zero-order chi connectivity index (χ0) is 14.6. The lowest BCUT2D eigenvalue weighted by Crippen LogP contribution is -2.41. The molecule has 0 aliphatic heterocycles. The summed E-state index contributed by atoms with van der Waals surface area (Å²) in [6.45, 7) is 5.71. The van der Waals surface area contributed by atoms with Crippen LogP contribution in [0.4, 0.5) is 0 Å². The third-order valence-electron chi connectivity index (χ3n) is 3.48. The van der Waals surface area contributed by atoms with E-state index in [0.29, 0.717) is 12.1 Å². The van der Waals surface area contributed by atoms with Crippen LogP contribution in [-0.4, -0.2) is 47.8 Å². The average molecular weight is 265 g/mol. The van der Waals surface area contributed by atoms with Gasteiger partial charge in [0.2, 0.25) is 0 Å². The molecule has 0 spiro atoms. The number of benzene rings is 1. The predicted octanol–water partition coefficient (Wildman–Crippen LogP) is 1.37. The number of aryl methyl sites for hydroxylation is 2. The molecular formula is C15H23NO3. The number of hydrogen-bond acceptors (Lipinski definition) is 3. The Morgan fingerprint density at radius 1 is 1.21 bits per heavy atom. The summed E-state index contributed by atoms with van der Waals surface area (Å²) in [6, 6.07) is 5.59. The Labute approximate surface area is 114 Å². The molecule has 1 amide bonds. The number of carbonyl (C=O) groups excluding carboxylic acids is 1. The van der Waals surface area contributed by atoms with Crippen molar-refractivity contribution >= 4 is 5.91 Å². The van der Waals surface area contributed by atoms with E-state index < -0.39 is 5.41 Å². The summed E-state index contributed by atoms with van der Waals surface area (Å²) in [4.78, 5) is 13.8. The van der Waals surface area contributed by atoms with Gasteiger partial charge in [-0.3, -0.25) is 4.79 Å². The van der Waals surface area contributed by atoms with Crippen molar-refractivity contribution in [2.24, 2.45) is 5.41 Å². The SMILES string of the molecule is Cc1ccc(C(=O)N(C)CC(C)(CO)CO)cc1C. The molecule has 0 unspecified atom stereocenters. The van der Waals surface area contributed by atoms with Crippen LogP contribution in [0.3, 0.4) is 0 Å². The first-order valence-electron chi connectivity index (χ1n) is 6.37. The first-order valence-corrected chi connectivity index (χ1v) is 6.37. The summed E-state index contributed by atoms with van der Waals surface area (Å²) in [6.07, 6.45) is 0. The predicted molar refractivity (Wildman–Crippen MR) is 75.2 cm³/mol. The number of rotatable bonds is 5. The Hall–Kier alpha value is -1.39. The van der Waals surface area contributed by atoms with Crippen LogP contribution in [-0.2, 0) is 0 Å². The number of amides is 1. The van der Waals surface area contributed by atoms with Gasteiger partial charge in [0.15, 0.2) is 0 Å². The highest BCUT2D eigenvalue weighted by Gasteiger charge is 2.26. The van der Waals surface area contributed by atoms with Crippen LogP contribution in [0.25, 0.3) is 0 Å². The van der Waals surface area contributed by atoms with E-state index in [0.717, 1.165) is 11.1 Å². The van der Waals surface area contributed by atoms with E-state index in [-0.39, 0.29) is 19.1 Å². The van der Waals surface area contributed by atoms with E-state index in [1.54, 1.807) is 20.0 Å². The maximum absolute atomic E-state index is 12.3. The van der Waals surface area contributed by atoms with E-state index in [2.05, 4.69) is 0 Å². The normalized spacial score (nSPS) is 11.5. The minimum absolute atomic E-state index is 0.101. The highest BCUT2D eigenvalue weighted by atomic mass is 16.3. The number of hydrogen-bond donors (Lipinski definition) is 2. The van der Waals surface area contributed by atoms with Crippen LogP contribution >= 0.6 is 0 Å². The molecular weight excluding hydrogens is 242 g/mol. The van der Waals surface area contributed by atoms with E-state index in [1.807, 2.05) is 26.0 Å². The molecule has 0 aliphatic carbocycles. The minimum Gasteiger partial charge on any atom is -0.396 e. The molecule has 0 aliphatic rings. The van der Waals surface area contributed by atoms with Gasteiger partial charge < -0.3 is 15.1 Å². The highest BCUT2D eigenvalue weighted by molar-refractivity contribution is 5.94. The standard InChI is InChI=1S/C15H23NO3/c1-11-5-6-13(7-12(11)2)14(19)16(4)8-15(3,9-17)10-18/h5-7,17-18H,8-10H2,1-4H3. The van der Waals surface area contributed by atoms with E-state index in [1.165, 1.54) is 4.90 Å². The quantitative estimate of drug-likeness (QED) is 0.845. The molecule has 4 heteroatoms. The first-order chi connectivity index (χ1) is 8.83. The Balaban J connectivity index is 2.85. The molecule has 0 heterocycles. The van der Waals surface area contributed by atoms with Gasteiger partial charge in [-0.1, -0.05) is 13.0 Å². The maximum atomic E-state index is 12.3. The average Bonchev–Trinajstić information content (AvgIpc) is 2.40. The lowest BCUT2D eigenvalue weighted by Gasteiger charge is -2.30. The molecule has 0 saturated heterocycles. The second-order valence-electron chi connectivity index (χ2n) is 5.59. The topological polar surface area (TPSA) is 60.8 Å². The molecule has 106 valence electrons. The highest BCUT2D eigenvalue weighted by Crippen LogP contribution is 2.18. The van der Waals surface area contributed by atoms with Crippen molar-refractivity contribution in [3.05, 3.63) is 34.9 Å². The zero-order valence-electron chi connectivity index (χ0n) is 12.1. The van der Waals surface area contributed by atoms with Gasteiger partial charge in [0.25, 0.3) is 5.91 Å². The van der Waals surface area contributed by atoms with Crippen LogP contribution in [0.5, 0.6) is 0 Å². The van der Waals surface area contributed by atoms with Crippen molar-refractivity contribution in [1.29, 1.82) is 0 Å². The molecule has 4 nitrogen and oxygen atoms in total. The second kappa shape index (κ2) is 6.17. The van der Waals surface area contributed by atoms with Gasteiger partial charge in [0.1, 0.15) is 0 Å².